The molecule has 2 aliphatic heterocycles. The molecule has 3 aliphatic rings. The first-order chi connectivity index (χ1) is 19.0. The van der Waals surface area contributed by atoms with Crippen molar-refractivity contribution >= 4 is 23.3 Å². The molecular formula is C30H31F2N5O3. The van der Waals surface area contributed by atoms with Gasteiger partial charge in [0.15, 0.2) is 0 Å². The number of aliphatic hydroxyl groups is 1. The van der Waals surface area contributed by atoms with E-state index in [9.17, 15) is 23.5 Å². The minimum atomic E-state index is -1.13. The van der Waals surface area contributed by atoms with Crippen molar-refractivity contribution in [1.29, 1.82) is 0 Å². The molecule has 3 aromatic rings. The van der Waals surface area contributed by atoms with Gasteiger partial charge in [-0.3, -0.25) is 14.5 Å². The molecule has 1 aromatic heterocycles. The third kappa shape index (κ3) is 4.27. The lowest BCUT2D eigenvalue weighted by Gasteiger charge is -2.51. The first kappa shape index (κ1) is 26.5. The fraction of sp³-hybridized carbons (Fsp3) is 0.367. The van der Waals surface area contributed by atoms with E-state index >= 15 is 0 Å². The van der Waals surface area contributed by atoms with Crippen LogP contribution in [0.15, 0.2) is 54.7 Å². The molecule has 0 radical (unpaired) electrons. The van der Waals surface area contributed by atoms with Crippen molar-refractivity contribution < 1.29 is 23.5 Å². The number of nitrogens with two attached hydrogens (primary N) is 1. The van der Waals surface area contributed by atoms with Crippen LogP contribution < -0.4 is 16.4 Å². The highest BCUT2D eigenvalue weighted by Crippen LogP contribution is 2.47. The van der Waals surface area contributed by atoms with Crippen LogP contribution in [0.1, 0.15) is 48.6 Å². The van der Waals surface area contributed by atoms with E-state index in [0.29, 0.717) is 36.3 Å². The fourth-order valence-electron chi connectivity index (χ4n) is 6.47. The number of carbonyl (C=O) groups is 2. The molecule has 3 heterocycles. The van der Waals surface area contributed by atoms with Gasteiger partial charge < -0.3 is 21.5 Å². The summed E-state index contributed by atoms with van der Waals surface area (Å²) in [7, 11) is 0. The van der Waals surface area contributed by atoms with E-state index in [2.05, 4.69) is 15.6 Å². The summed E-state index contributed by atoms with van der Waals surface area (Å²) in [6.45, 7) is 3.39. The largest absolute Gasteiger partial charge is 0.378 e. The number of hydrogen-bond donors (Lipinski definition) is 4. The lowest BCUT2D eigenvalue weighted by Crippen LogP contribution is -2.61. The summed E-state index contributed by atoms with van der Waals surface area (Å²) in [5, 5.41) is 17.0. The van der Waals surface area contributed by atoms with E-state index < -0.39 is 46.7 Å². The summed E-state index contributed by atoms with van der Waals surface area (Å²) < 4.78 is 28.1. The highest BCUT2D eigenvalue weighted by Gasteiger charge is 2.51. The van der Waals surface area contributed by atoms with Crippen LogP contribution in [-0.2, 0) is 27.8 Å². The van der Waals surface area contributed by atoms with Gasteiger partial charge in [0, 0.05) is 41.0 Å². The maximum Gasteiger partial charge on any atom is 0.238 e. The second kappa shape index (κ2) is 9.43. The van der Waals surface area contributed by atoms with E-state index in [0.717, 1.165) is 22.8 Å². The molecule has 0 saturated carbocycles. The Bertz CT molecular complexity index is 1510. The van der Waals surface area contributed by atoms with Gasteiger partial charge in [0.1, 0.15) is 23.7 Å². The normalized spacial score (nSPS) is 26.9. The van der Waals surface area contributed by atoms with Crippen LogP contribution in [0.2, 0.25) is 0 Å². The number of benzene rings is 2. The molecule has 1 aliphatic carbocycles. The number of piperidine rings is 1. The van der Waals surface area contributed by atoms with Crippen molar-refractivity contribution in [2.45, 2.75) is 56.8 Å². The average Bonchev–Trinajstić information content (AvgIpc) is 3.41. The Morgan fingerprint density at radius 1 is 1.15 bits per heavy atom. The molecule has 5 N–H and O–H groups in total. The van der Waals surface area contributed by atoms with Crippen LogP contribution >= 0.6 is 0 Å². The van der Waals surface area contributed by atoms with Gasteiger partial charge in [-0.25, -0.2) is 13.8 Å². The highest BCUT2D eigenvalue weighted by atomic mass is 19.1. The third-order valence-corrected chi connectivity index (χ3v) is 8.87. The van der Waals surface area contributed by atoms with Crippen molar-refractivity contribution in [2.24, 2.45) is 11.1 Å². The van der Waals surface area contributed by atoms with Gasteiger partial charge in [0.25, 0.3) is 0 Å². The van der Waals surface area contributed by atoms with Crippen molar-refractivity contribution in [3.63, 3.8) is 0 Å². The zero-order valence-corrected chi connectivity index (χ0v) is 22.2. The number of likely N-dealkylation sites (tertiary alicyclic amines) is 1. The number of carbonyl (C=O) groups excluding carboxylic acids is 2. The third-order valence-electron chi connectivity index (χ3n) is 8.87. The van der Waals surface area contributed by atoms with E-state index in [1.165, 1.54) is 12.1 Å². The molecule has 2 amide bonds. The van der Waals surface area contributed by atoms with Crippen molar-refractivity contribution in [3.05, 3.63) is 88.6 Å². The van der Waals surface area contributed by atoms with Gasteiger partial charge in [-0.2, -0.15) is 0 Å². The van der Waals surface area contributed by atoms with Crippen molar-refractivity contribution in [2.75, 3.05) is 17.2 Å². The van der Waals surface area contributed by atoms with Gasteiger partial charge >= 0.3 is 0 Å². The number of fused-ring (bicyclic) bond motifs is 3. The van der Waals surface area contributed by atoms with E-state index in [4.69, 9.17) is 5.73 Å². The molecule has 0 bridgehead atoms. The SMILES string of the molecule is CC1(C)C(N)CC(c2cc(F)cc(F)c2)N(CC(=O)Nc2ccc3c(c2)CC2(C3)C(=O)Nc3ncccc32)C1O. The number of aromatic nitrogens is 1. The van der Waals surface area contributed by atoms with Crippen molar-refractivity contribution in [1.82, 2.24) is 9.88 Å². The summed E-state index contributed by atoms with van der Waals surface area (Å²) >= 11 is 0. The van der Waals surface area contributed by atoms with E-state index in [1.54, 1.807) is 31.0 Å². The molecule has 1 fully saturated rings. The maximum atomic E-state index is 14.1. The Kier molecular flexibility index (Phi) is 6.25. The maximum absolute atomic E-state index is 14.1. The molecule has 4 unspecified atom stereocenters. The second-order valence-corrected chi connectivity index (χ2v) is 11.7. The number of rotatable bonds is 4. The average molecular weight is 548 g/mol. The first-order valence-electron chi connectivity index (χ1n) is 13.3. The van der Waals surface area contributed by atoms with Gasteiger partial charge in [0.2, 0.25) is 11.8 Å². The molecule has 6 rings (SSSR count). The second-order valence-electron chi connectivity index (χ2n) is 11.7. The Hall–Kier alpha value is -3.73. The predicted molar refractivity (Wildman–Crippen MR) is 145 cm³/mol. The fourth-order valence-corrected chi connectivity index (χ4v) is 6.47. The number of hydrogen-bond acceptors (Lipinski definition) is 6. The molecule has 1 saturated heterocycles. The molecule has 8 nitrogen and oxygen atoms in total. The number of nitrogens with one attached hydrogen (secondary N) is 2. The predicted octanol–water partition coefficient (Wildman–Crippen LogP) is 3.41. The number of amides is 2. The quantitative estimate of drug-likeness (QED) is 0.398. The topological polar surface area (TPSA) is 121 Å². The van der Waals surface area contributed by atoms with Crippen LogP contribution in [0.4, 0.5) is 20.3 Å². The van der Waals surface area contributed by atoms with Gasteiger partial charge in [-0.05, 0) is 66.3 Å². The van der Waals surface area contributed by atoms with Crippen LogP contribution in [0.3, 0.4) is 0 Å². The Morgan fingerprint density at radius 3 is 2.62 bits per heavy atom. The molecular weight excluding hydrogens is 516 g/mol. The Morgan fingerprint density at radius 2 is 1.88 bits per heavy atom. The van der Waals surface area contributed by atoms with Crippen LogP contribution in [-0.4, -0.2) is 45.6 Å². The lowest BCUT2D eigenvalue weighted by atomic mass is 9.74. The zero-order valence-electron chi connectivity index (χ0n) is 22.2. The molecule has 4 atom stereocenters. The standard InChI is InChI=1S/C30H31F2N5O3/c1-29(2)24(33)12-23(17-8-19(31)11-20(32)9-17)37(28(29)40)15-25(38)35-21-6-5-16-13-30(14-18(16)10-21)22-4-3-7-34-26(22)36-27(30)39/h3-11,23-24,28,40H,12-15,33H2,1-2H3,(H,35,38)(H,34,36,39). The molecule has 40 heavy (non-hydrogen) atoms. The van der Waals surface area contributed by atoms with E-state index in [-0.39, 0.29) is 12.5 Å². The first-order valence-corrected chi connectivity index (χ1v) is 13.3. The Labute approximate surface area is 230 Å². The van der Waals surface area contributed by atoms with Crippen LogP contribution in [0.25, 0.3) is 0 Å². The minimum Gasteiger partial charge on any atom is -0.378 e. The molecule has 208 valence electrons. The van der Waals surface area contributed by atoms with Gasteiger partial charge in [-0.1, -0.05) is 26.0 Å². The summed E-state index contributed by atoms with van der Waals surface area (Å²) in [5.74, 6) is -1.37. The van der Waals surface area contributed by atoms with E-state index in [1.807, 2.05) is 24.3 Å². The summed E-state index contributed by atoms with van der Waals surface area (Å²) in [6.07, 6.45) is 1.85. The molecule has 10 heteroatoms. The Balaban J connectivity index is 1.22. The number of anilines is 2. The lowest BCUT2D eigenvalue weighted by molar-refractivity contribution is -0.150. The summed E-state index contributed by atoms with van der Waals surface area (Å²) in [5.41, 5.74) is 8.60. The molecule has 2 aromatic carbocycles. The number of aliphatic hydroxyl groups excluding tert-OH is 1. The molecule has 1 spiro atoms. The number of halogens is 2. The number of nitrogens with zero attached hydrogens (tertiary/aromatic N) is 2. The smallest absolute Gasteiger partial charge is 0.238 e. The number of pyridine rings is 1. The summed E-state index contributed by atoms with van der Waals surface area (Å²) in [6, 6.07) is 11.4. The monoisotopic (exact) mass is 547 g/mol. The van der Waals surface area contributed by atoms with Gasteiger partial charge in [-0.15, -0.1) is 0 Å². The minimum absolute atomic E-state index is 0.0808. The van der Waals surface area contributed by atoms with Gasteiger partial charge in [0.05, 0.1) is 12.0 Å². The van der Waals surface area contributed by atoms with Crippen LogP contribution in [0.5, 0.6) is 0 Å². The highest BCUT2D eigenvalue weighted by molar-refractivity contribution is 6.06. The summed E-state index contributed by atoms with van der Waals surface area (Å²) in [4.78, 5) is 32.1. The van der Waals surface area contributed by atoms with Crippen molar-refractivity contribution in [3.8, 4) is 0 Å². The zero-order chi connectivity index (χ0) is 28.4. The van der Waals surface area contributed by atoms with Crippen LogP contribution in [0, 0.1) is 17.0 Å².